The molecule has 1 aromatic rings. The second kappa shape index (κ2) is 6.65. The molecule has 0 spiro atoms. The molecular weight excluding hydrogens is 252 g/mol. The van der Waals surface area contributed by atoms with Gasteiger partial charge in [0, 0.05) is 11.6 Å². The summed E-state index contributed by atoms with van der Waals surface area (Å²) in [4.78, 5) is 8.12. The monoisotopic (exact) mass is 278 g/mol. The largest absolute Gasteiger partial charge is 0.347 e. The number of rotatable bonds is 4. The Kier molecular flexibility index (Phi) is 5.14. The number of aromatic amines is 1. The van der Waals surface area contributed by atoms with Gasteiger partial charge in [-0.3, -0.25) is 0 Å². The smallest absolute Gasteiger partial charge is 0.129 e. The van der Waals surface area contributed by atoms with E-state index in [0.29, 0.717) is 11.8 Å². The van der Waals surface area contributed by atoms with E-state index in [2.05, 4.69) is 30.7 Å². The van der Waals surface area contributed by atoms with Crippen molar-refractivity contribution in [1.82, 2.24) is 9.97 Å². The zero-order valence-corrected chi connectivity index (χ0v) is 13.2. The Morgan fingerprint density at radius 2 is 2.00 bits per heavy atom. The molecule has 0 radical (unpaired) electrons. The molecule has 19 heavy (non-hydrogen) atoms. The fourth-order valence-corrected chi connectivity index (χ4v) is 3.36. The van der Waals surface area contributed by atoms with Gasteiger partial charge in [0.15, 0.2) is 0 Å². The highest BCUT2D eigenvalue weighted by atomic mass is 32.1. The van der Waals surface area contributed by atoms with Crippen LogP contribution in [0.5, 0.6) is 0 Å². The average Bonchev–Trinajstić information content (AvgIpc) is 2.37. The fraction of sp³-hybridized carbons (Fsp3) is 0.750. The predicted octanol–water partition coefficient (Wildman–Crippen LogP) is 5.02. The molecule has 2 rings (SSSR count). The lowest BCUT2D eigenvalue weighted by atomic mass is 9.80. The van der Waals surface area contributed by atoms with E-state index < -0.39 is 0 Å². The molecule has 1 N–H and O–H groups in total. The SMILES string of the molecule is CCC1CCC(c2nc(=S)cc(CC(C)C)[nH]2)CC1. The minimum Gasteiger partial charge on any atom is -0.347 e. The Morgan fingerprint density at radius 1 is 1.32 bits per heavy atom. The van der Waals surface area contributed by atoms with Crippen LogP contribution in [-0.2, 0) is 6.42 Å². The number of nitrogens with one attached hydrogen (secondary N) is 1. The molecular formula is C16H26N2S. The van der Waals surface area contributed by atoms with Crippen molar-refractivity contribution < 1.29 is 0 Å². The van der Waals surface area contributed by atoms with E-state index in [1.165, 1.54) is 37.8 Å². The van der Waals surface area contributed by atoms with Gasteiger partial charge in [0.2, 0.25) is 0 Å². The number of nitrogens with zero attached hydrogens (tertiary/aromatic N) is 1. The van der Waals surface area contributed by atoms with Crippen LogP contribution in [0.15, 0.2) is 6.07 Å². The van der Waals surface area contributed by atoms with E-state index in [-0.39, 0.29) is 0 Å². The zero-order valence-electron chi connectivity index (χ0n) is 12.4. The maximum Gasteiger partial charge on any atom is 0.129 e. The second-order valence-electron chi connectivity index (χ2n) is 6.35. The van der Waals surface area contributed by atoms with Crippen LogP contribution < -0.4 is 0 Å². The van der Waals surface area contributed by atoms with Crippen LogP contribution in [0.25, 0.3) is 0 Å². The minimum atomic E-state index is 0.594. The summed E-state index contributed by atoms with van der Waals surface area (Å²) in [6.45, 7) is 6.78. The maximum atomic E-state index is 5.32. The molecule has 2 nitrogen and oxygen atoms in total. The van der Waals surface area contributed by atoms with Gasteiger partial charge in [-0.25, -0.2) is 4.98 Å². The zero-order chi connectivity index (χ0) is 13.8. The maximum absolute atomic E-state index is 5.32. The van der Waals surface area contributed by atoms with Gasteiger partial charge in [0.1, 0.15) is 10.5 Å². The van der Waals surface area contributed by atoms with Gasteiger partial charge < -0.3 is 4.98 Å². The molecule has 1 saturated carbocycles. The van der Waals surface area contributed by atoms with Gasteiger partial charge in [-0.05, 0) is 50.0 Å². The number of aromatic nitrogens is 2. The van der Waals surface area contributed by atoms with Crippen LogP contribution in [0.2, 0.25) is 0 Å². The summed E-state index contributed by atoms with van der Waals surface area (Å²) < 4.78 is 0.752. The highest BCUT2D eigenvalue weighted by Gasteiger charge is 2.23. The van der Waals surface area contributed by atoms with Gasteiger partial charge in [-0.1, -0.05) is 39.4 Å². The van der Waals surface area contributed by atoms with Gasteiger partial charge in [-0.2, -0.15) is 0 Å². The third-order valence-corrected chi connectivity index (χ3v) is 4.47. The molecule has 106 valence electrons. The van der Waals surface area contributed by atoms with Crippen molar-refractivity contribution in [2.24, 2.45) is 11.8 Å². The third-order valence-electron chi connectivity index (χ3n) is 4.26. The van der Waals surface area contributed by atoms with Crippen molar-refractivity contribution in [3.05, 3.63) is 22.2 Å². The second-order valence-corrected chi connectivity index (χ2v) is 6.77. The van der Waals surface area contributed by atoms with Crippen molar-refractivity contribution in [3.8, 4) is 0 Å². The Morgan fingerprint density at radius 3 is 2.58 bits per heavy atom. The van der Waals surface area contributed by atoms with Crippen LogP contribution in [0.1, 0.15) is 70.3 Å². The van der Waals surface area contributed by atoms with E-state index >= 15 is 0 Å². The van der Waals surface area contributed by atoms with Crippen LogP contribution in [0.4, 0.5) is 0 Å². The quantitative estimate of drug-likeness (QED) is 0.783. The molecule has 0 atom stereocenters. The van der Waals surface area contributed by atoms with Gasteiger partial charge in [0.25, 0.3) is 0 Å². The Labute approximate surface area is 122 Å². The van der Waals surface area contributed by atoms with Crippen molar-refractivity contribution in [3.63, 3.8) is 0 Å². The minimum absolute atomic E-state index is 0.594. The summed E-state index contributed by atoms with van der Waals surface area (Å²) in [5.74, 6) is 3.31. The summed E-state index contributed by atoms with van der Waals surface area (Å²) in [6, 6.07) is 2.02. The van der Waals surface area contributed by atoms with Crippen molar-refractivity contribution >= 4 is 12.2 Å². The molecule has 1 fully saturated rings. The standard InChI is InChI=1S/C16H26N2S/c1-4-12-5-7-13(8-6-12)16-17-14(9-11(2)3)10-15(19)18-16/h10-13H,4-9H2,1-3H3,(H,17,18,19). The Hall–Kier alpha value is -0.700. The van der Waals surface area contributed by atoms with Crippen molar-refractivity contribution in [1.29, 1.82) is 0 Å². The molecule has 1 aromatic heterocycles. The summed E-state index contributed by atoms with van der Waals surface area (Å²) in [5.41, 5.74) is 1.25. The fourth-order valence-electron chi connectivity index (χ4n) is 3.12. The number of hydrogen-bond donors (Lipinski definition) is 1. The van der Waals surface area contributed by atoms with E-state index in [4.69, 9.17) is 12.2 Å². The molecule has 0 aromatic carbocycles. The molecule has 1 aliphatic carbocycles. The normalized spacial score (nSPS) is 23.8. The highest BCUT2D eigenvalue weighted by Crippen LogP contribution is 2.35. The first-order chi connectivity index (χ1) is 9.08. The molecule has 0 saturated heterocycles. The first kappa shape index (κ1) is 14.7. The molecule has 1 aliphatic rings. The third kappa shape index (κ3) is 4.13. The van der Waals surface area contributed by atoms with Gasteiger partial charge >= 0.3 is 0 Å². The van der Waals surface area contributed by atoms with E-state index in [9.17, 15) is 0 Å². The predicted molar refractivity (Wildman–Crippen MR) is 83.0 cm³/mol. The summed E-state index contributed by atoms with van der Waals surface area (Å²) in [6.07, 6.45) is 7.60. The number of H-pyrrole nitrogens is 1. The lowest BCUT2D eigenvalue weighted by molar-refractivity contribution is 0.311. The summed E-state index contributed by atoms with van der Waals surface area (Å²) in [5, 5.41) is 0. The van der Waals surface area contributed by atoms with E-state index in [1.54, 1.807) is 0 Å². The Bertz CT molecular complexity index is 456. The Balaban J connectivity index is 2.12. The molecule has 0 unspecified atom stereocenters. The summed E-state index contributed by atoms with van der Waals surface area (Å²) >= 11 is 5.32. The first-order valence-electron chi connectivity index (χ1n) is 7.68. The lowest BCUT2D eigenvalue weighted by Gasteiger charge is -2.27. The first-order valence-corrected chi connectivity index (χ1v) is 8.09. The highest BCUT2D eigenvalue weighted by molar-refractivity contribution is 7.71. The van der Waals surface area contributed by atoms with Crippen LogP contribution in [-0.4, -0.2) is 9.97 Å². The molecule has 1 heterocycles. The van der Waals surface area contributed by atoms with Gasteiger partial charge in [-0.15, -0.1) is 0 Å². The van der Waals surface area contributed by atoms with Gasteiger partial charge in [0.05, 0.1) is 0 Å². The lowest BCUT2D eigenvalue weighted by Crippen LogP contribution is -2.15. The molecule has 0 amide bonds. The number of hydrogen-bond acceptors (Lipinski definition) is 2. The van der Waals surface area contributed by atoms with Crippen LogP contribution in [0, 0.1) is 16.5 Å². The van der Waals surface area contributed by atoms with E-state index in [0.717, 1.165) is 22.8 Å². The summed E-state index contributed by atoms with van der Waals surface area (Å²) in [7, 11) is 0. The topological polar surface area (TPSA) is 28.7 Å². The molecule has 0 aliphatic heterocycles. The van der Waals surface area contributed by atoms with E-state index in [1.807, 2.05) is 6.07 Å². The molecule has 0 bridgehead atoms. The van der Waals surface area contributed by atoms with Crippen LogP contribution in [0.3, 0.4) is 0 Å². The average molecular weight is 278 g/mol. The van der Waals surface area contributed by atoms with Crippen molar-refractivity contribution in [2.75, 3.05) is 0 Å². The van der Waals surface area contributed by atoms with Crippen molar-refractivity contribution in [2.45, 2.75) is 65.2 Å². The molecule has 3 heteroatoms. The van der Waals surface area contributed by atoms with Crippen LogP contribution >= 0.6 is 12.2 Å².